The predicted molar refractivity (Wildman–Crippen MR) is 52.0 cm³/mol. The van der Waals surface area contributed by atoms with E-state index in [1.807, 2.05) is 23.1 Å². The molecular formula is C9H6S2. The molecule has 0 fully saturated rings. The summed E-state index contributed by atoms with van der Waals surface area (Å²) in [7, 11) is 0. The molecule has 1 aliphatic heterocycles. The van der Waals surface area contributed by atoms with Gasteiger partial charge in [0.1, 0.15) is 0 Å². The highest BCUT2D eigenvalue weighted by Gasteiger charge is 2.15. The lowest BCUT2D eigenvalue weighted by molar-refractivity contribution is 1.71. The maximum atomic E-state index is 2.29. The van der Waals surface area contributed by atoms with E-state index in [0.29, 0.717) is 0 Å². The summed E-state index contributed by atoms with van der Waals surface area (Å²) in [6, 6.07) is 2.21. The van der Waals surface area contributed by atoms with E-state index < -0.39 is 0 Å². The highest BCUT2D eigenvalue weighted by Crippen LogP contribution is 2.30. The molecule has 1 aliphatic carbocycles. The first-order chi connectivity index (χ1) is 5.45. The smallest absolute Gasteiger partial charge is 0.0389 e. The minimum Gasteiger partial charge on any atom is -0.143 e. The quantitative estimate of drug-likeness (QED) is 0.577. The second-order valence-electron chi connectivity index (χ2n) is 2.71. The molecule has 0 amide bonds. The molecule has 0 atom stereocenters. The van der Waals surface area contributed by atoms with Gasteiger partial charge in [-0.15, -0.1) is 23.1 Å². The van der Waals surface area contributed by atoms with Gasteiger partial charge >= 0.3 is 0 Å². The highest BCUT2D eigenvalue weighted by atomic mass is 32.2. The van der Waals surface area contributed by atoms with Gasteiger partial charge in [0, 0.05) is 10.3 Å². The zero-order valence-corrected chi connectivity index (χ0v) is 7.47. The van der Waals surface area contributed by atoms with Gasteiger partial charge in [-0.2, -0.15) is 0 Å². The lowest BCUT2D eigenvalue weighted by atomic mass is 10.2. The van der Waals surface area contributed by atoms with E-state index in [0.717, 1.165) is 0 Å². The van der Waals surface area contributed by atoms with Crippen molar-refractivity contribution in [2.24, 2.45) is 0 Å². The Balaban J connectivity index is 2.55. The second-order valence-corrected chi connectivity index (χ2v) is 4.49. The van der Waals surface area contributed by atoms with Gasteiger partial charge in [0.15, 0.2) is 0 Å². The molecule has 0 unspecified atom stereocenters. The van der Waals surface area contributed by atoms with Crippen molar-refractivity contribution >= 4 is 34.7 Å². The zero-order valence-electron chi connectivity index (χ0n) is 5.83. The number of fused-ring (bicyclic) bond motifs is 2. The number of thioether (sulfide) groups is 1. The summed E-state index contributed by atoms with van der Waals surface area (Å²) in [5.41, 5.74) is 3.01. The summed E-state index contributed by atoms with van der Waals surface area (Å²) < 4.78 is 1.50. The zero-order chi connectivity index (χ0) is 7.26. The van der Waals surface area contributed by atoms with Crippen LogP contribution in [0.25, 0.3) is 11.6 Å². The topological polar surface area (TPSA) is 0 Å². The Kier molecular flexibility index (Phi) is 1.12. The second kappa shape index (κ2) is 2.02. The Labute approximate surface area is 72.9 Å². The molecule has 0 saturated carbocycles. The van der Waals surface area contributed by atoms with Gasteiger partial charge in [-0.1, -0.05) is 0 Å². The molecule has 0 saturated heterocycles. The van der Waals surface area contributed by atoms with E-state index >= 15 is 0 Å². The predicted octanol–water partition coefficient (Wildman–Crippen LogP) is 1.32. The molecule has 1 aromatic heterocycles. The van der Waals surface area contributed by atoms with E-state index in [-0.39, 0.29) is 0 Å². The lowest BCUT2D eigenvalue weighted by Crippen LogP contribution is -2.15. The van der Waals surface area contributed by atoms with Crippen LogP contribution in [0.2, 0.25) is 0 Å². The van der Waals surface area contributed by atoms with E-state index in [4.69, 9.17) is 0 Å². The molecule has 0 nitrogen and oxygen atoms in total. The third kappa shape index (κ3) is 0.713. The molecule has 2 aliphatic rings. The Hall–Kier alpha value is -0.470. The molecule has 0 aromatic carbocycles. The normalized spacial score (nSPS) is 19.3. The largest absolute Gasteiger partial charge is 0.143 e. The van der Waals surface area contributed by atoms with Gasteiger partial charge in [-0.25, -0.2) is 0 Å². The van der Waals surface area contributed by atoms with Crippen molar-refractivity contribution in [2.45, 2.75) is 0 Å². The molecule has 2 heteroatoms. The third-order valence-corrected chi connectivity index (χ3v) is 3.93. The van der Waals surface area contributed by atoms with Crippen LogP contribution in [0.4, 0.5) is 0 Å². The fraction of sp³-hybridized carbons (Fsp3) is 0.111. The van der Waals surface area contributed by atoms with Gasteiger partial charge in [0.25, 0.3) is 0 Å². The SMILES string of the molecule is C1=C2C=c3ccsc3=C2CS1. The number of hydrogen-bond acceptors (Lipinski definition) is 2. The molecule has 54 valence electrons. The van der Waals surface area contributed by atoms with Gasteiger partial charge in [-0.05, 0) is 39.3 Å². The first-order valence-electron chi connectivity index (χ1n) is 3.56. The van der Waals surface area contributed by atoms with Crippen LogP contribution in [-0.2, 0) is 0 Å². The van der Waals surface area contributed by atoms with Crippen LogP contribution in [0, 0.1) is 0 Å². The van der Waals surface area contributed by atoms with Crippen LogP contribution >= 0.6 is 23.1 Å². The number of rotatable bonds is 0. The monoisotopic (exact) mass is 178 g/mol. The average molecular weight is 178 g/mol. The number of allylic oxidation sites excluding steroid dienone is 1. The first-order valence-corrected chi connectivity index (χ1v) is 5.48. The number of hydrogen-bond donors (Lipinski definition) is 0. The molecule has 0 spiro atoms. The fourth-order valence-corrected chi connectivity index (χ4v) is 3.52. The molecule has 2 heterocycles. The van der Waals surface area contributed by atoms with Crippen LogP contribution in [0.3, 0.4) is 0 Å². The summed E-state index contributed by atoms with van der Waals surface area (Å²) in [5, 5.41) is 5.87. The highest BCUT2D eigenvalue weighted by molar-refractivity contribution is 8.03. The van der Waals surface area contributed by atoms with Crippen molar-refractivity contribution in [3.8, 4) is 0 Å². The Bertz CT molecular complexity index is 448. The van der Waals surface area contributed by atoms with Crippen molar-refractivity contribution in [1.29, 1.82) is 0 Å². The van der Waals surface area contributed by atoms with E-state index in [2.05, 4.69) is 22.9 Å². The van der Waals surface area contributed by atoms with Gasteiger partial charge in [0.2, 0.25) is 0 Å². The summed E-state index contributed by atoms with van der Waals surface area (Å²) in [6.07, 6.45) is 2.29. The van der Waals surface area contributed by atoms with Gasteiger partial charge in [-0.3, -0.25) is 0 Å². The molecule has 0 bridgehead atoms. The minimum atomic E-state index is 1.18. The van der Waals surface area contributed by atoms with Crippen LogP contribution in [0.1, 0.15) is 0 Å². The fourth-order valence-electron chi connectivity index (χ4n) is 1.53. The molecule has 3 rings (SSSR count). The van der Waals surface area contributed by atoms with Crippen LogP contribution in [-0.4, -0.2) is 5.75 Å². The van der Waals surface area contributed by atoms with Crippen molar-refractivity contribution in [1.82, 2.24) is 0 Å². The minimum absolute atomic E-state index is 1.18. The number of thiophene rings is 1. The first kappa shape index (κ1) is 6.09. The van der Waals surface area contributed by atoms with Crippen molar-refractivity contribution in [2.75, 3.05) is 5.75 Å². The van der Waals surface area contributed by atoms with Crippen molar-refractivity contribution in [3.63, 3.8) is 0 Å². The van der Waals surface area contributed by atoms with E-state index in [9.17, 15) is 0 Å². The summed E-state index contributed by atoms with van der Waals surface area (Å²) in [5.74, 6) is 1.18. The lowest BCUT2D eigenvalue weighted by Gasteiger charge is -1.88. The summed E-state index contributed by atoms with van der Waals surface area (Å²) >= 11 is 3.78. The molecular weight excluding hydrogens is 172 g/mol. The Morgan fingerprint density at radius 2 is 2.36 bits per heavy atom. The Morgan fingerprint density at radius 1 is 1.36 bits per heavy atom. The van der Waals surface area contributed by atoms with Crippen molar-refractivity contribution in [3.05, 3.63) is 32.2 Å². The third-order valence-electron chi connectivity index (χ3n) is 2.07. The van der Waals surface area contributed by atoms with Crippen LogP contribution in [0.15, 0.2) is 22.4 Å². The summed E-state index contributed by atoms with van der Waals surface area (Å²) in [4.78, 5) is 0. The molecule has 0 radical (unpaired) electrons. The Morgan fingerprint density at radius 3 is 3.36 bits per heavy atom. The maximum Gasteiger partial charge on any atom is 0.0389 e. The van der Waals surface area contributed by atoms with Gasteiger partial charge < -0.3 is 0 Å². The standard InChI is InChI=1S/C9H6S2/c1-2-11-9-6(1)3-7-4-10-5-8(7)9/h1-4H,5H2. The molecule has 0 N–H and O–H groups in total. The van der Waals surface area contributed by atoms with Crippen LogP contribution < -0.4 is 9.75 Å². The van der Waals surface area contributed by atoms with E-state index in [1.165, 1.54) is 21.1 Å². The average Bonchev–Trinajstić information content (AvgIpc) is 2.52. The molecule has 1 aromatic rings. The van der Waals surface area contributed by atoms with Crippen molar-refractivity contribution < 1.29 is 0 Å². The van der Waals surface area contributed by atoms with E-state index in [1.54, 1.807) is 5.57 Å². The molecule has 11 heavy (non-hydrogen) atoms. The van der Waals surface area contributed by atoms with Gasteiger partial charge in [0.05, 0.1) is 0 Å². The van der Waals surface area contributed by atoms with Crippen LogP contribution in [0.5, 0.6) is 0 Å². The summed E-state index contributed by atoms with van der Waals surface area (Å²) in [6.45, 7) is 0. The maximum absolute atomic E-state index is 2.29.